The fourth-order valence-electron chi connectivity index (χ4n) is 3.57. The first kappa shape index (κ1) is 19.6. The van der Waals surface area contributed by atoms with E-state index in [1.807, 2.05) is 17.0 Å². The number of carbonyl (C=O) groups is 2. The minimum Gasteiger partial charge on any atom is -0.397 e. The van der Waals surface area contributed by atoms with Crippen molar-refractivity contribution < 1.29 is 9.59 Å². The van der Waals surface area contributed by atoms with Gasteiger partial charge in [0.25, 0.3) is 5.91 Å². The van der Waals surface area contributed by atoms with Crippen LogP contribution >= 0.6 is 11.3 Å². The second-order valence-electron chi connectivity index (χ2n) is 8.35. The molecule has 0 unspecified atom stereocenters. The monoisotopic (exact) mass is 388 g/mol. The molecule has 27 heavy (non-hydrogen) atoms. The quantitative estimate of drug-likeness (QED) is 0.838. The van der Waals surface area contributed by atoms with Crippen molar-refractivity contribution in [2.75, 3.05) is 19.3 Å². The van der Waals surface area contributed by atoms with Crippen LogP contribution in [0.15, 0.2) is 12.1 Å². The van der Waals surface area contributed by atoms with Gasteiger partial charge in [-0.15, -0.1) is 11.3 Å². The maximum absolute atomic E-state index is 12.9. The van der Waals surface area contributed by atoms with Gasteiger partial charge in [-0.2, -0.15) is 0 Å². The molecule has 1 saturated heterocycles. The summed E-state index contributed by atoms with van der Waals surface area (Å²) in [6.45, 7) is 7.03. The van der Waals surface area contributed by atoms with Crippen LogP contribution in [0.2, 0.25) is 0 Å². The van der Waals surface area contributed by atoms with Crippen LogP contribution in [0.4, 0.5) is 5.69 Å². The summed E-state index contributed by atoms with van der Waals surface area (Å²) >= 11 is 1.30. The maximum Gasteiger partial charge on any atom is 0.263 e. The molecular formula is C20H28N4O2S. The van der Waals surface area contributed by atoms with Gasteiger partial charge in [0.2, 0.25) is 5.91 Å². The Bertz CT molecular complexity index is 869. The lowest BCUT2D eigenvalue weighted by Gasteiger charge is -2.37. The van der Waals surface area contributed by atoms with Gasteiger partial charge in [0.15, 0.2) is 0 Å². The van der Waals surface area contributed by atoms with E-state index in [9.17, 15) is 9.59 Å². The van der Waals surface area contributed by atoms with Gasteiger partial charge < -0.3 is 16.0 Å². The Balaban J connectivity index is 1.94. The van der Waals surface area contributed by atoms with Gasteiger partial charge in [-0.05, 0) is 36.8 Å². The number of anilines is 1. The number of likely N-dealkylation sites (tertiary alicyclic amines) is 1. The second kappa shape index (κ2) is 7.46. The molecule has 1 fully saturated rings. The van der Waals surface area contributed by atoms with Crippen LogP contribution in [0.25, 0.3) is 10.2 Å². The molecule has 3 heterocycles. The van der Waals surface area contributed by atoms with Crippen molar-refractivity contribution in [3.8, 4) is 0 Å². The number of piperidine rings is 1. The summed E-state index contributed by atoms with van der Waals surface area (Å²) in [6, 6.07) is 3.87. The highest BCUT2D eigenvalue weighted by atomic mass is 32.1. The molecule has 0 radical (unpaired) electrons. The molecule has 146 valence electrons. The van der Waals surface area contributed by atoms with Crippen molar-refractivity contribution in [2.45, 2.75) is 52.5 Å². The first-order chi connectivity index (χ1) is 12.7. The Hall–Kier alpha value is -2.15. The minimum atomic E-state index is -0.198. The van der Waals surface area contributed by atoms with Gasteiger partial charge in [-0.3, -0.25) is 9.59 Å². The fraction of sp³-hybridized carbons (Fsp3) is 0.550. The predicted octanol–water partition coefficient (Wildman–Crippen LogP) is 3.73. The van der Waals surface area contributed by atoms with Crippen molar-refractivity contribution in [1.29, 1.82) is 0 Å². The van der Waals surface area contributed by atoms with Crippen LogP contribution in [0.5, 0.6) is 0 Å². The number of pyridine rings is 1. The summed E-state index contributed by atoms with van der Waals surface area (Å²) in [4.78, 5) is 32.9. The number of nitrogens with one attached hydrogen (secondary N) is 1. The first-order valence-electron chi connectivity index (χ1n) is 9.42. The zero-order valence-corrected chi connectivity index (χ0v) is 17.3. The fourth-order valence-corrected chi connectivity index (χ4v) is 4.62. The molecule has 3 N–H and O–H groups in total. The van der Waals surface area contributed by atoms with Crippen molar-refractivity contribution in [3.05, 3.63) is 22.7 Å². The molecule has 1 aliphatic rings. The van der Waals surface area contributed by atoms with E-state index in [0.717, 1.165) is 41.7 Å². The van der Waals surface area contributed by atoms with E-state index in [-0.39, 0.29) is 23.3 Å². The van der Waals surface area contributed by atoms with E-state index in [1.54, 1.807) is 7.05 Å². The van der Waals surface area contributed by atoms with Gasteiger partial charge in [-0.1, -0.05) is 20.8 Å². The number of amides is 2. The molecule has 0 aromatic carbocycles. The average Bonchev–Trinajstić information content (AvgIpc) is 2.96. The summed E-state index contributed by atoms with van der Waals surface area (Å²) in [7, 11) is 1.59. The number of nitrogens with two attached hydrogens (primary N) is 1. The first-order valence-corrected chi connectivity index (χ1v) is 10.2. The summed E-state index contributed by atoms with van der Waals surface area (Å²) in [5.41, 5.74) is 7.45. The molecule has 3 rings (SSSR count). The molecule has 2 aromatic heterocycles. The molecule has 6 nitrogen and oxygen atoms in total. The van der Waals surface area contributed by atoms with Crippen LogP contribution in [0.3, 0.4) is 0 Å². The van der Waals surface area contributed by atoms with Crippen molar-refractivity contribution in [1.82, 2.24) is 15.2 Å². The van der Waals surface area contributed by atoms with E-state index in [4.69, 9.17) is 10.7 Å². The Morgan fingerprint density at radius 3 is 2.74 bits per heavy atom. The van der Waals surface area contributed by atoms with Gasteiger partial charge in [0, 0.05) is 25.4 Å². The van der Waals surface area contributed by atoms with Gasteiger partial charge in [0.1, 0.15) is 9.71 Å². The Kier molecular flexibility index (Phi) is 5.42. The molecule has 2 amide bonds. The lowest BCUT2D eigenvalue weighted by molar-refractivity contribution is -0.137. The normalized spacial score (nSPS) is 17.9. The van der Waals surface area contributed by atoms with E-state index in [1.165, 1.54) is 11.3 Å². The predicted molar refractivity (Wildman–Crippen MR) is 110 cm³/mol. The number of hydrogen-bond acceptors (Lipinski definition) is 5. The summed E-state index contributed by atoms with van der Waals surface area (Å²) in [5, 5.41) is 3.41. The standard InChI is InChI=1S/C20H28N4O2S/c1-20(2,3)11-15(25)24-10-6-5-7-14(24)13-9-8-12-16(21)17(18(26)22-4)27-19(12)23-13/h8-9,14H,5-7,10-11,21H2,1-4H3,(H,22,26)/t14-/m1/s1. The van der Waals surface area contributed by atoms with Crippen LogP contribution < -0.4 is 11.1 Å². The van der Waals surface area contributed by atoms with Crippen LogP contribution in [0.1, 0.15) is 67.9 Å². The SMILES string of the molecule is CNC(=O)c1sc2nc([C@H]3CCCCN3C(=O)CC(C)(C)C)ccc2c1N. The number of nitrogen functional groups attached to an aromatic ring is 1. The zero-order valence-electron chi connectivity index (χ0n) is 16.5. The number of fused-ring (bicyclic) bond motifs is 1. The molecular weight excluding hydrogens is 360 g/mol. The van der Waals surface area contributed by atoms with Gasteiger partial charge >= 0.3 is 0 Å². The lowest BCUT2D eigenvalue weighted by Crippen LogP contribution is -2.40. The summed E-state index contributed by atoms with van der Waals surface area (Å²) < 4.78 is 0. The van der Waals surface area contributed by atoms with Crippen molar-refractivity contribution in [3.63, 3.8) is 0 Å². The van der Waals surface area contributed by atoms with Crippen molar-refractivity contribution in [2.24, 2.45) is 5.41 Å². The molecule has 0 bridgehead atoms. The maximum atomic E-state index is 12.9. The van der Waals surface area contributed by atoms with Gasteiger partial charge in [0.05, 0.1) is 17.4 Å². The largest absolute Gasteiger partial charge is 0.397 e. The Labute approximate surface area is 164 Å². The second-order valence-corrected chi connectivity index (χ2v) is 9.35. The molecule has 0 saturated carbocycles. The van der Waals surface area contributed by atoms with E-state index >= 15 is 0 Å². The third-order valence-electron chi connectivity index (χ3n) is 4.89. The van der Waals surface area contributed by atoms with E-state index in [2.05, 4.69) is 26.1 Å². The van der Waals surface area contributed by atoms with E-state index in [0.29, 0.717) is 17.0 Å². The molecule has 7 heteroatoms. The molecule has 1 aliphatic heterocycles. The zero-order chi connectivity index (χ0) is 19.8. The average molecular weight is 389 g/mol. The van der Waals surface area contributed by atoms with E-state index < -0.39 is 0 Å². The number of thiophene rings is 1. The summed E-state index contributed by atoms with van der Waals surface area (Å²) in [6.07, 6.45) is 3.55. The van der Waals surface area contributed by atoms with Crippen molar-refractivity contribution >= 4 is 39.1 Å². The lowest BCUT2D eigenvalue weighted by atomic mass is 9.90. The highest BCUT2D eigenvalue weighted by Gasteiger charge is 2.31. The number of nitrogens with zero attached hydrogens (tertiary/aromatic N) is 2. The topological polar surface area (TPSA) is 88.3 Å². The number of aromatic nitrogens is 1. The molecule has 0 spiro atoms. The number of carbonyl (C=O) groups excluding carboxylic acids is 2. The highest BCUT2D eigenvalue weighted by Crippen LogP contribution is 2.37. The Morgan fingerprint density at radius 1 is 1.33 bits per heavy atom. The van der Waals surface area contributed by atoms with Gasteiger partial charge in [-0.25, -0.2) is 4.98 Å². The van der Waals surface area contributed by atoms with Crippen LogP contribution in [-0.2, 0) is 4.79 Å². The third kappa shape index (κ3) is 4.08. The number of rotatable bonds is 3. The molecule has 0 aliphatic carbocycles. The summed E-state index contributed by atoms with van der Waals surface area (Å²) in [5.74, 6) is -0.0115. The Morgan fingerprint density at radius 2 is 2.07 bits per heavy atom. The third-order valence-corrected chi connectivity index (χ3v) is 6.01. The number of hydrogen-bond donors (Lipinski definition) is 2. The van der Waals surface area contributed by atoms with Crippen LogP contribution in [-0.4, -0.2) is 35.3 Å². The van der Waals surface area contributed by atoms with Crippen LogP contribution in [0, 0.1) is 5.41 Å². The highest BCUT2D eigenvalue weighted by molar-refractivity contribution is 7.21. The smallest absolute Gasteiger partial charge is 0.263 e. The molecule has 2 aromatic rings. The minimum absolute atomic E-state index is 0.00947. The molecule has 1 atom stereocenters.